The number of rotatable bonds is 5. The third-order valence-corrected chi connectivity index (χ3v) is 5.46. The lowest BCUT2D eigenvalue weighted by atomic mass is 10.1. The molecule has 4 aromatic rings. The van der Waals surface area contributed by atoms with Crippen LogP contribution < -0.4 is 0 Å². The Kier molecular flexibility index (Phi) is 5.46. The molecule has 1 N–H and O–H groups in total. The number of carbonyl (C=O) groups is 1. The topological polar surface area (TPSA) is 123 Å². The van der Waals surface area contributed by atoms with Crippen LogP contribution in [0.5, 0.6) is 5.75 Å². The Morgan fingerprint density at radius 3 is 2.31 bits per heavy atom. The Morgan fingerprint density at radius 1 is 1.00 bits per heavy atom. The summed E-state index contributed by atoms with van der Waals surface area (Å²) < 4.78 is 7.73. The van der Waals surface area contributed by atoms with Gasteiger partial charge in [-0.15, -0.1) is 5.10 Å². The summed E-state index contributed by atoms with van der Waals surface area (Å²) in [6.07, 6.45) is 0.831. The van der Waals surface area contributed by atoms with Crippen LogP contribution in [0.25, 0.3) is 16.9 Å². The summed E-state index contributed by atoms with van der Waals surface area (Å²) in [5, 5.41) is 31.0. The number of nitro groups is 1. The van der Waals surface area contributed by atoms with Gasteiger partial charge in [0.05, 0.1) is 16.2 Å². The standard InChI is InChI=1S/C25H19N5O5/c1-16(31)29-25(35-24(27-29)18-7-13-21(32)14-8-18)22-15-28(19-9-11-20(12-10-19)30(33)34)26-23(22)17-5-3-2-4-6-17/h2-15,25,32H,1H3. The molecule has 10 heteroatoms. The number of phenols is 1. The van der Waals surface area contributed by atoms with E-state index in [-0.39, 0.29) is 23.2 Å². The van der Waals surface area contributed by atoms with Gasteiger partial charge in [0, 0.05) is 36.4 Å². The second-order valence-corrected chi connectivity index (χ2v) is 7.80. The summed E-state index contributed by atoms with van der Waals surface area (Å²) in [6, 6.07) is 21.7. The summed E-state index contributed by atoms with van der Waals surface area (Å²) in [5.41, 5.74) is 3.13. The van der Waals surface area contributed by atoms with Crippen LogP contribution in [0.2, 0.25) is 0 Å². The molecule has 1 aliphatic rings. The molecule has 5 rings (SSSR count). The number of non-ortho nitro benzene ring substituents is 1. The van der Waals surface area contributed by atoms with Crippen LogP contribution in [0.3, 0.4) is 0 Å². The monoisotopic (exact) mass is 469 g/mol. The second kappa shape index (κ2) is 8.75. The zero-order valence-electron chi connectivity index (χ0n) is 18.5. The molecule has 1 atom stereocenters. The molecule has 0 radical (unpaired) electrons. The summed E-state index contributed by atoms with van der Waals surface area (Å²) >= 11 is 0. The Morgan fingerprint density at radius 2 is 1.69 bits per heavy atom. The quantitative estimate of drug-likeness (QED) is 0.342. The summed E-state index contributed by atoms with van der Waals surface area (Å²) in [5.74, 6) is 0.00114. The first kappa shape index (κ1) is 21.8. The van der Waals surface area contributed by atoms with Gasteiger partial charge in [-0.3, -0.25) is 14.9 Å². The van der Waals surface area contributed by atoms with Gasteiger partial charge in [-0.25, -0.2) is 4.68 Å². The predicted octanol–water partition coefficient (Wildman–Crippen LogP) is 4.39. The highest BCUT2D eigenvalue weighted by molar-refractivity contribution is 5.96. The van der Waals surface area contributed by atoms with Crippen molar-refractivity contribution in [3.05, 3.63) is 106 Å². The van der Waals surface area contributed by atoms with Gasteiger partial charge in [-0.2, -0.15) is 10.1 Å². The van der Waals surface area contributed by atoms with Gasteiger partial charge in [0.2, 0.25) is 18.0 Å². The summed E-state index contributed by atoms with van der Waals surface area (Å²) in [4.78, 5) is 23.1. The predicted molar refractivity (Wildman–Crippen MR) is 127 cm³/mol. The second-order valence-electron chi connectivity index (χ2n) is 7.80. The molecule has 0 fully saturated rings. The maximum atomic E-state index is 12.5. The third kappa shape index (κ3) is 4.20. The van der Waals surface area contributed by atoms with Crippen LogP contribution in [0, 0.1) is 10.1 Å². The van der Waals surface area contributed by atoms with Crippen molar-refractivity contribution in [1.29, 1.82) is 0 Å². The number of carbonyl (C=O) groups excluding carboxylic acids is 1. The number of amides is 1. The van der Waals surface area contributed by atoms with E-state index in [2.05, 4.69) is 5.10 Å². The van der Waals surface area contributed by atoms with E-state index in [4.69, 9.17) is 9.84 Å². The van der Waals surface area contributed by atoms with E-state index < -0.39 is 11.2 Å². The molecule has 174 valence electrons. The zero-order valence-corrected chi connectivity index (χ0v) is 18.5. The lowest BCUT2D eigenvalue weighted by Crippen LogP contribution is -2.25. The normalized spacial score (nSPS) is 14.9. The molecular formula is C25H19N5O5. The lowest BCUT2D eigenvalue weighted by Gasteiger charge is -2.19. The molecule has 1 unspecified atom stereocenters. The molecule has 0 spiro atoms. The number of hydrogen-bond acceptors (Lipinski definition) is 7. The van der Waals surface area contributed by atoms with Crippen LogP contribution >= 0.6 is 0 Å². The van der Waals surface area contributed by atoms with Gasteiger partial charge < -0.3 is 9.84 Å². The van der Waals surface area contributed by atoms with Crippen LogP contribution in [0.15, 0.2) is 90.2 Å². The van der Waals surface area contributed by atoms with Crippen molar-refractivity contribution in [2.24, 2.45) is 5.10 Å². The fourth-order valence-electron chi connectivity index (χ4n) is 3.74. The molecule has 0 bridgehead atoms. The Bertz CT molecular complexity index is 1430. The molecule has 0 saturated heterocycles. The number of hydrogen-bond donors (Lipinski definition) is 1. The zero-order chi connectivity index (χ0) is 24.5. The van der Waals surface area contributed by atoms with E-state index in [1.807, 2.05) is 30.3 Å². The highest BCUT2D eigenvalue weighted by Crippen LogP contribution is 2.36. The molecular weight excluding hydrogens is 450 g/mol. The lowest BCUT2D eigenvalue weighted by molar-refractivity contribution is -0.384. The van der Waals surface area contributed by atoms with Crippen molar-refractivity contribution >= 4 is 17.5 Å². The summed E-state index contributed by atoms with van der Waals surface area (Å²) in [6.45, 7) is 1.39. The van der Waals surface area contributed by atoms with Crippen molar-refractivity contribution in [3.8, 4) is 22.7 Å². The van der Waals surface area contributed by atoms with Gasteiger partial charge in [0.1, 0.15) is 11.4 Å². The van der Waals surface area contributed by atoms with E-state index in [1.54, 1.807) is 35.1 Å². The maximum absolute atomic E-state index is 12.5. The smallest absolute Gasteiger partial charge is 0.269 e. The van der Waals surface area contributed by atoms with Crippen molar-refractivity contribution in [3.63, 3.8) is 0 Å². The highest BCUT2D eigenvalue weighted by atomic mass is 16.6. The number of aromatic nitrogens is 2. The van der Waals surface area contributed by atoms with Crippen LogP contribution in [0.1, 0.15) is 24.3 Å². The minimum absolute atomic E-state index is 0.0294. The largest absolute Gasteiger partial charge is 0.508 e. The first-order chi connectivity index (χ1) is 16.9. The van der Waals surface area contributed by atoms with E-state index in [9.17, 15) is 20.0 Å². The molecule has 2 heterocycles. The molecule has 0 aliphatic carbocycles. The van der Waals surface area contributed by atoms with Gasteiger partial charge in [0.15, 0.2) is 0 Å². The first-order valence-electron chi connectivity index (χ1n) is 10.6. The Balaban J connectivity index is 1.59. The van der Waals surface area contributed by atoms with E-state index in [1.165, 1.54) is 36.2 Å². The van der Waals surface area contributed by atoms with E-state index in [0.29, 0.717) is 22.5 Å². The Labute approximate surface area is 199 Å². The molecule has 0 saturated carbocycles. The minimum atomic E-state index is -0.890. The number of hydrazone groups is 1. The van der Waals surface area contributed by atoms with Gasteiger partial charge in [0.25, 0.3) is 5.69 Å². The average molecular weight is 469 g/mol. The van der Waals surface area contributed by atoms with Gasteiger partial charge in [-0.05, 0) is 36.4 Å². The number of nitrogens with zero attached hydrogens (tertiary/aromatic N) is 5. The number of nitro benzene ring substituents is 1. The number of phenolic OH excluding ortho intramolecular Hbond substituents is 1. The Hall–Kier alpha value is -4.99. The minimum Gasteiger partial charge on any atom is -0.508 e. The van der Waals surface area contributed by atoms with Crippen molar-refractivity contribution in [2.75, 3.05) is 0 Å². The third-order valence-electron chi connectivity index (χ3n) is 5.46. The molecule has 3 aromatic carbocycles. The van der Waals surface area contributed by atoms with E-state index >= 15 is 0 Å². The fraction of sp³-hybridized carbons (Fsp3) is 0.0800. The van der Waals surface area contributed by atoms with Gasteiger partial charge >= 0.3 is 0 Å². The maximum Gasteiger partial charge on any atom is 0.269 e. The molecule has 35 heavy (non-hydrogen) atoms. The van der Waals surface area contributed by atoms with E-state index in [0.717, 1.165) is 5.56 Å². The van der Waals surface area contributed by atoms with Gasteiger partial charge in [-0.1, -0.05) is 30.3 Å². The fourth-order valence-corrected chi connectivity index (χ4v) is 3.74. The number of aromatic hydroxyl groups is 1. The average Bonchev–Trinajstić information content (AvgIpc) is 3.50. The molecule has 10 nitrogen and oxygen atoms in total. The molecule has 1 amide bonds. The number of benzene rings is 3. The molecule has 1 aliphatic heterocycles. The van der Waals surface area contributed by atoms with Crippen molar-refractivity contribution < 1.29 is 19.6 Å². The van der Waals surface area contributed by atoms with Crippen LogP contribution in [-0.4, -0.2) is 36.6 Å². The molecule has 1 aromatic heterocycles. The first-order valence-corrected chi connectivity index (χ1v) is 10.6. The summed E-state index contributed by atoms with van der Waals surface area (Å²) in [7, 11) is 0. The number of ether oxygens (including phenoxy) is 1. The SMILES string of the molecule is CC(=O)N1N=C(c2ccc(O)cc2)OC1c1cn(-c2ccc([N+](=O)[O-])cc2)nc1-c1ccccc1. The van der Waals surface area contributed by atoms with Crippen molar-refractivity contribution in [2.45, 2.75) is 13.2 Å². The van der Waals surface area contributed by atoms with Crippen molar-refractivity contribution in [1.82, 2.24) is 14.8 Å². The van der Waals surface area contributed by atoms with Crippen LogP contribution in [0.4, 0.5) is 5.69 Å². The van der Waals surface area contributed by atoms with Crippen LogP contribution in [-0.2, 0) is 9.53 Å². The highest BCUT2D eigenvalue weighted by Gasteiger charge is 2.36.